The van der Waals surface area contributed by atoms with Gasteiger partial charge in [0, 0.05) is 11.8 Å². The third kappa shape index (κ3) is 3.30. The van der Waals surface area contributed by atoms with E-state index >= 15 is 0 Å². The van der Waals surface area contributed by atoms with Gasteiger partial charge >= 0.3 is 5.97 Å². The van der Waals surface area contributed by atoms with Crippen molar-refractivity contribution < 1.29 is 24.2 Å². The molecule has 1 saturated heterocycles. The Balaban J connectivity index is 1.77. The van der Waals surface area contributed by atoms with Crippen molar-refractivity contribution in [3.05, 3.63) is 54.1 Å². The van der Waals surface area contributed by atoms with Crippen molar-refractivity contribution >= 4 is 29.2 Å². The van der Waals surface area contributed by atoms with Crippen molar-refractivity contribution in [3.63, 3.8) is 0 Å². The number of methoxy groups -OCH3 is 1. The standard InChI is InChI=1S/C18H16N2O5/c1-25-14-4-2-3-13(9-14)20-16(21)10-15(17(20)22)19-12-7-5-11(6-8-12)18(23)24/h2-9,15,19H,10H2,1H3,(H,23,24)/t15-/m1/s1. The molecule has 0 aliphatic carbocycles. The summed E-state index contributed by atoms with van der Waals surface area (Å²) in [4.78, 5) is 36.9. The molecular weight excluding hydrogens is 324 g/mol. The third-order valence-corrected chi connectivity index (χ3v) is 3.93. The van der Waals surface area contributed by atoms with Crippen molar-refractivity contribution in [1.82, 2.24) is 0 Å². The predicted octanol–water partition coefficient (Wildman–Crippen LogP) is 2.14. The molecule has 0 saturated carbocycles. The highest BCUT2D eigenvalue weighted by Crippen LogP contribution is 2.27. The van der Waals surface area contributed by atoms with Crippen LogP contribution in [0.15, 0.2) is 48.5 Å². The number of hydrogen-bond acceptors (Lipinski definition) is 5. The minimum Gasteiger partial charge on any atom is -0.497 e. The minimum absolute atomic E-state index is 0.0245. The van der Waals surface area contributed by atoms with E-state index in [0.29, 0.717) is 17.1 Å². The summed E-state index contributed by atoms with van der Waals surface area (Å²) in [6, 6.07) is 12.0. The van der Waals surface area contributed by atoms with Crippen LogP contribution >= 0.6 is 0 Å². The lowest BCUT2D eigenvalue weighted by molar-refractivity contribution is -0.121. The summed E-state index contributed by atoms with van der Waals surface area (Å²) in [5, 5.41) is 11.9. The summed E-state index contributed by atoms with van der Waals surface area (Å²) in [5.74, 6) is -1.14. The summed E-state index contributed by atoms with van der Waals surface area (Å²) >= 11 is 0. The summed E-state index contributed by atoms with van der Waals surface area (Å²) in [6.45, 7) is 0. The van der Waals surface area contributed by atoms with Gasteiger partial charge in [0.05, 0.1) is 24.8 Å². The third-order valence-electron chi connectivity index (χ3n) is 3.93. The van der Waals surface area contributed by atoms with Gasteiger partial charge in [-0.25, -0.2) is 9.69 Å². The smallest absolute Gasteiger partial charge is 0.335 e. The number of carbonyl (C=O) groups excluding carboxylic acids is 2. The molecule has 1 aliphatic rings. The fourth-order valence-corrected chi connectivity index (χ4v) is 2.68. The molecule has 0 unspecified atom stereocenters. The Kier molecular flexibility index (Phi) is 4.38. The lowest BCUT2D eigenvalue weighted by Gasteiger charge is -2.16. The van der Waals surface area contributed by atoms with Crippen LogP contribution in [0.4, 0.5) is 11.4 Å². The van der Waals surface area contributed by atoms with E-state index in [1.165, 1.54) is 19.2 Å². The second-order valence-electron chi connectivity index (χ2n) is 5.55. The molecule has 2 amide bonds. The number of hydrogen-bond donors (Lipinski definition) is 2. The van der Waals surface area contributed by atoms with E-state index in [1.807, 2.05) is 0 Å². The molecule has 1 fully saturated rings. The molecule has 25 heavy (non-hydrogen) atoms. The normalized spacial score (nSPS) is 16.8. The monoisotopic (exact) mass is 340 g/mol. The summed E-state index contributed by atoms with van der Waals surface area (Å²) < 4.78 is 5.13. The Morgan fingerprint density at radius 2 is 1.92 bits per heavy atom. The van der Waals surface area contributed by atoms with Crippen molar-refractivity contribution in [3.8, 4) is 5.75 Å². The largest absolute Gasteiger partial charge is 0.497 e. The quantitative estimate of drug-likeness (QED) is 0.810. The van der Waals surface area contributed by atoms with E-state index in [2.05, 4.69) is 5.32 Å². The van der Waals surface area contributed by atoms with Gasteiger partial charge in [-0.15, -0.1) is 0 Å². The van der Waals surface area contributed by atoms with Gasteiger partial charge in [0.25, 0.3) is 5.91 Å². The fraction of sp³-hybridized carbons (Fsp3) is 0.167. The maximum atomic E-state index is 12.6. The van der Waals surface area contributed by atoms with E-state index in [-0.39, 0.29) is 23.8 Å². The molecule has 1 aliphatic heterocycles. The Morgan fingerprint density at radius 3 is 2.56 bits per heavy atom. The van der Waals surface area contributed by atoms with Crippen LogP contribution in [-0.2, 0) is 9.59 Å². The Labute approximate surface area is 143 Å². The van der Waals surface area contributed by atoms with Gasteiger partial charge in [-0.3, -0.25) is 9.59 Å². The highest BCUT2D eigenvalue weighted by molar-refractivity contribution is 6.23. The van der Waals surface area contributed by atoms with Crippen LogP contribution in [0.25, 0.3) is 0 Å². The van der Waals surface area contributed by atoms with Crippen molar-refractivity contribution in [1.29, 1.82) is 0 Å². The first-order valence-electron chi connectivity index (χ1n) is 7.60. The first kappa shape index (κ1) is 16.5. The van der Waals surface area contributed by atoms with Crippen LogP contribution in [0.1, 0.15) is 16.8 Å². The number of nitrogens with one attached hydrogen (secondary N) is 1. The van der Waals surface area contributed by atoms with E-state index in [4.69, 9.17) is 9.84 Å². The molecule has 0 aromatic heterocycles. The number of anilines is 2. The van der Waals surface area contributed by atoms with E-state index in [0.717, 1.165) is 4.90 Å². The number of ether oxygens (including phenoxy) is 1. The molecule has 7 nitrogen and oxygen atoms in total. The molecule has 128 valence electrons. The second kappa shape index (κ2) is 6.64. The van der Waals surface area contributed by atoms with Crippen LogP contribution in [0.3, 0.4) is 0 Å². The first-order valence-corrected chi connectivity index (χ1v) is 7.60. The number of carboxylic acids is 1. The Morgan fingerprint density at radius 1 is 1.20 bits per heavy atom. The zero-order chi connectivity index (χ0) is 18.0. The van der Waals surface area contributed by atoms with Crippen molar-refractivity contribution in [2.75, 3.05) is 17.3 Å². The molecule has 3 rings (SSSR count). The van der Waals surface area contributed by atoms with Gasteiger partial charge in [-0.1, -0.05) is 6.07 Å². The van der Waals surface area contributed by atoms with Gasteiger partial charge in [-0.05, 0) is 36.4 Å². The topological polar surface area (TPSA) is 95.9 Å². The second-order valence-corrected chi connectivity index (χ2v) is 5.55. The number of benzene rings is 2. The van der Waals surface area contributed by atoms with Crippen molar-refractivity contribution in [2.45, 2.75) is 12.5 Å². The summed E-state index contributed by atoms with van der Waals surface area (Å²) in [5.41, 5.74) is 1.18. The molecule has 0 spiro atoms. The van der Waals surface area contributed by atoms with Crippen LogP contribution in [0, 0.1) is 0 Å². The molecule has 7 heteroatoms. The maximum Gasteiger partial charge on any atom is 0.335 e. The molecule has 1 heterocycles. The SMILES string of the molecule is COc1cccc(N2C(=O)C[C@@H](Nc3ccc(C(=O)O)cc3)C2=O)c1. The molecule has 0 radical (unpaired) electrons. The summed E-state index contributed by atoms with van der Waals surface area (Å²) in [7, 11) is 1.51. The first-order chi connectivity index (χ1) is 12.0. The van der Waals surface area contributed by atoms with E-state index in [9.17, 15) is 14.4 Å². The average molecular weight is 340 g/mol. The molecular formula is C18H16N2O5. The van der Waals surface area contributed by atoms with Gasteiger partial charge in [0.2, 0.25) is 5.91 Å². The minimum atomic E-state index is -1.03. The van der Waals surface area contributed by atoms with Crippen LogP contribution in [0.2, 0.25) is 0 Å². The highest BCUT2D eigenvalue weighted by atomic mass is 16.5. The van der Waals surface area contributed by atoms with Gasteiger partial charge < -0.3 is 15.2 Å². The molecule has 2 aromatic rings. The van der Waals surface area contributed by atoms with Gasteiger partial charge in [0.1, 0.15) is 11.8 Å². The zero-order valence-electron chi connectivity index (χ0n) is 13.4. The van der Waals surface area contributed by atoms with Crippen LogP contribution < -0.4 is 15.0 Å². The molecule has 0 bridgehead atoms. The summed E-state index contributed by atoms with van der Waals surface area (Å²) in [6.07, 6.45) is 0.0245. The Hall–Kier alpha value is -3.35. The lowest BCUT2D eigenvalue weighted by atomic mass is 10.2. The fourth-order valence-electron chi connectivity index (χ4n) is 2.68. The van der Waals surface area contributed by atoms with E-state index < -0.39 is 12.0 Å². The van der Waals surface area contributed by atoms with Crippen LogP contribution in [0.5, 0.6) is 5.75 Å². The predicted molar refractivity (Wildman–Crippen MR) is 90.9 cm³/mol. The molecule has 2 N–H and O–H groups in total. The number of rotatable bonds is 5. The Bertz CT molecular complexity index is 832. The lowest BCUT2D eigenvalue weighted by Crippen LogP contribution is -2.34. The van der Waals surface area contributed by atoms with Crippen molar-refractivity contribution in [2.24, 2.45) is 0 Å². The number of carboxylic acid groups (broad SMARTS) is 1. The van der Waals surface area contributed by atoms with Crippen LogP contribution in [-0.4, -0.2) is 36.0 Å². The van der Waals surface area contributed by atoms with Gasteiger partial charge in [-0.2, -0.15) is 0 Å². The average Bonchev–Trinajstić information content (AvgIpc) is 2.89. The molecule has 1 atom stereocenters. The number of nitrogens with zero attached hydrogens (tertiary/aromatic N) is 1. The number of amides is 2. The molecule has 2 aromatic carbocycles. The maximum absolute atomic E-state index is 12.6. The number of carbonyl (C=O) groups is 3. The van der Waals surface area contributed by atoms with Gasteiger partial charge in [0.15, 0.2) is 0 Å². The highest BCUT2D eigenvalue weighted by Gasteiger charge is 2.39. The number of imide groups is 1. The number of aromatic carboxylic acids is 1. The van der Waals surface area contributed by atoms with E-state index in [1.54, 1.807) is 36.4 Å². The zero-order valence-corrected chi connectivity index (χ0v) is 13.4.